The highest BCUT2D eigenvalue weighted by Gasteiger charge is 2.16. The normalized spacial score (nSPS) is 12.1. The van der Waals surface area contributed by atoms with E-state index in [0.29, 0.717) is 32.5 Å². The number of carbonyl (C=O) groups is 1. The van der Waals surface area contributed by atoms with E-state index in [2.05, 4.69) is 0 Å². The summed E-state index contributed by atoms with van der Waals surface area (Å²) in [6.07, 6.45) is 1.03. The zero-order valence-corrected chi connectivity index (χ0v) is 15.4. The molecule has 0 aromatic heterocycles. The summed E-state index contributed by atoms with van der Waals surface area (Å²) < 4.78 is 5.08. The van der Waals surface area contributed by atoms with Crippen molar-refractivity contribution in [3.8, 4) is 5.75 Å². The lowest BCUT2D eigenvalue weighted by molar-refractivity contribution is -0.195. The van der Waals surface area contributed by atoms with Gasteiger partial charge in [0.05, 0.1) is 13.0 Å². The molecule has 2 aromatic carbocycles. The summed E-state index contributed by atoms with van der Waals surface area (Å²) in [6, 6.07) is 17.0. The molecule has 1 atom stereocenters. The predicted molar refractivity (Wildman–Crippen MR) is 100 cm³/mol. The molecule has 140 valence electrons. The molecule has 5 nitrogen and oxygen atoms in total. The summed E-state index contributed by atoms with van der Waals surface area (Å²) in [5.74, 6) is 0.104. The maximum Gasteiger partial charge on any atom is 0.325 e. The van der Waals surface area contributed by atoms with Gasteiger partial charge in [0.1, 0.15) is 5.75 Å². The molecule has 1 unspecified atom stereocenters. The molecule has 0 radical (unpaired) electrons. The van der Waals surface area contributed by atoms with E-state index < -0.39 is 0 Å². The van der Waals surface area contributed by atoms with Gasteiger partial charge >= 0.3 is 5.97 Å². The maximum absolute atomic E-state index is 12.2. The Hall–Kier alpha value is -2.37. The molecule has 5 heteroatoms. The fraction of sp³-hybridized carbons (Fsp3) is 0.381. The fourth-order valence-corrected chi connectivity index (χ4v) is 2.67. The third-order valence-electron chi connectivity index (χ3n) is 3.99. The standard InChI is InChI=1S/C21H27NO4/c1-17(16-25-2)14-21(24)26-22(15-19-6-4-3-5-7-19)13-12-18-8-10-20(23)11-9-18/h3-11,17,23H,12-16H2,1-2H3. The number of hydroxylamine groups is 2. The van der Waals surface area contributed by atoms with Crippen LogP contribution in [0, 0.1) is 5.92 Å². The van der Waals surface area contributed by atoms with E-state index in [9.17, 15) is 9.90 Å². The van der Waals surface area contributed by atoms with Gasteiger partial charge in [0.15, 0.2) is 0 Å². The Morgan fingerprint density at radius 1 is 1.08 bits per heavy atom. The molecule has 0 bridgehead atoms. The Morgan fingerprint density at radius 2 is 1.77 bits per heavy atom. The van der Waals surface area contributed by atoms with Crippen LogP contribution in [-0.2, 0) is 27.3 Å². The molecule has 0 spiro atoms. The van der Waals surface area contributed by atoms with Crippen molar-refractivity contribution in [3.63, 3.8) is 0 Å². The van der Waals surface area contributed by atoms with E-state index in [0.717, 1.165) is 11.1 Å². The second kappa shape index (κ2) is 10.6. The average molecular weight is 357 g/mol. The van der Waals surface area contributed by atoms with E-state index in [1.54, 1.807) is 24.3 Å². The van der Waals surface area contributed by atoms with Crippen LogP contribution >= 0.6 is 0 Å². The SMILES string of the molecule is COCC(C)CC(=O)ON(CCc1ccc(O)cc1)Cc1ccccc1. The Bertz CT molecular complexity index is 657. The number of aromatic hydroxyl groups is 1. The number of hydrogen-bond donors (Lipinski definition) is 1. The number of hydrogen-bond acceptors (Lipinski definition) is 5. The first-order valence-electron chi connectivity index (χ1n) is 8.83. The smallest absolute Gasteiger partial charge is 0.325 e. The molecule has 0 aliphatic heterocycles. The van der Waals surface area contributed by atoms with Crippen molar-refractivity contribution >= 4 is 5.97 Å². The lowest BCUT2D eigenvalue weighted by Crippen LogP contribution is -2.30. The Balaban J connectivity index is 1.96. The molecule has 0 amide bonds. The molecule has 0 saturated heterocycles. The van der Waals surface area contributed by atoms with Crippen molar-refractivity contribution in [1.82, 2.24) is 5.06 Å². The minimum absolute atomic E-state index is 0.114. The first-order chi connectivity index (χ1) is 12.6. The van der Waals surface area contributed by atoms with Crippen LogP contribution in [0.1, 0.15) is 24.5 Å². The number of rotatable bonds is 10. The van der Waals surface area contributed by atoms with Gasteiger partial charge in [0.25, 0.3) is 0 Å². The second-order valence-corrected chi connectivity index (χ2v) is 6.49. The summed E-state index contributed by atoms with van der Waals surface area (Å²) in [4.78, 5) is 17.8. The molecule has 0 aliphatic carbocycles. The highest BCUT2D eigenvalue weighted by molar-refractivity contribution is 5.69. The van der Waals surface area contributed by atoms with E-state index >= 15 is 0 Å². The van der Waals surface area contributed by atoms with Crippen LogP contribution in [-0.4, -0.2) is 36.4 Å². The molecule has 1 N–H and O–H groups in total. The van der Waals surface area contributed by atoms with Gasteiger partial charge in [-0.15, -0.1) is 5.06 Å². The Morgan fingerprint density at radius 3 is 2.42 bits per heavy atom. The zero-order valence-electron chi connectivity index (χ0n) is 15.4. The van der Waals surface area contributed by atoms with E-state index in [-0.39, 0.29) is 17.6 Å². The third kappa shape index (κ3) is 7.25. The van der Waals surface area contributed by atoms with Crippen LogP contribution in [0.5, 0.6) is 5.75 Å². The molecule has 0 fully saturated rings. The third-order valence-corrected chi connectivity index (χ3v) is 3.99. The van der Waals surface area contributed by atoms with Gasteiger partial charge in [-0.25, -0.2) is 0 Å². The molecule has 0 saturated carbocycles. The summed E-state index contributed by atoms with van der Waals surface area (Å²) >= 11 is 0. The highest BCUT2D eigenvalue weighted by Crippen LogP contribution is 2.13. The van der Waals surface area contributed by atoms with Crippen LogP contribution in [0.3, 0.4) is 0 Å². The number of carbonyl (C=O) groups excluding carboxylic acids is 1. The number of benzene rings is 2. The first kappa shape index (κ1) is 19.9. The van der Waals surface area contributed by atoms with Gasteiger partial charge in [-0.2, -0.15) is 0 Å². The van der Waals surface area contributed by atoms with Crippen molar-refractivity contribution in [2.45, 2.75) is 26.3 Å². The number of methoxy groups -OCH3 is 1. The van der Waals surface area contributed by atoms with E-state index in [1.165, 1.54) is 0 Å². The minimum atomic E-state index is -0.254. The minimum Gasteiger partial charge on any atom is -0.508 e. The highest BCUT2D eigenvalue weighted by atomic mass is 16.7. The summed E-state index contributed by atoms with van der Waals surface area (Å²) in [5, 5.41) is 11.1. The number of phenols is 1. The lowest BCUT2D eigenvalue weighted by atomic mass is 10.1. The van der Waals surface area contributed by atoms with Crippen molar-refractivity contribution in [1.29, 1.82) is 0 Å². The van der Waals surface area contributed by atoms with Gasteiger partial charge in [0, 0.05) is 20.3 Å². The van der Waals surface area contributed by atoms with Crippen LogP contribution in [0.25, 0.3) is 0 Å². The van der Waals surface area contributed by atoms with Crippen molar-refractivity contribution in [2.75, 3.05) is 20.3 Å². The summed E-state index contributed by atoms with van der Waals surface area (Å²) in [6.45, 7) is 3.59. The molecule has 2 rings (SSSR count). The number of phenolic OH excluding ortho intramolecular Hbond substituents is 1. The zero-order chi connectivity index (χ0) is 18.8. The Labute approximate surface area is 155 Å². The lowest BCUT2D eigenvalue weighted by Gasteiger charge is -2.22. The summed E-state index contributed by atoms with van der Waals surface area (Å²) in [7, 11) is 1.63. The van der Waals surface area contributed by atoms with Crippen LogP contribution in [0.2, 0.25) is 0 Å². The van der Waals surface area contributed by atoms with Crippen LogP contribution < -0.4 is 0 Å². The van der Waals surface area contributed by atoms with Crippen LogP contribution in [0.4, 0.5) is 0 Å². The average Bonchev–Trinajstić information content (AvgIpc) is 2.62. The molecular weight excluding hydrogens is 330 g/mol. The van der Waals surface area contributed by atoms with Gasteiger partial charge < -0.3 is 14.7 Å². The fourth-order valence-electron chi connectivity index (χ4n) is 2.67. The van der Waals surface area contributed by atoms with Crippen molar-refractivity contribution in [2.24, 2.45) is 5.92 Å². The summed E-state index contributed by atoms with van der Waals surface area (Å²) in [5.41, 5.74) is 2.15. The first-order valence-corrected chi connectivity index (χ1v) is 8.83. The monoisotopic (exact) mass is 357 g/mol. The molecule has 0 aliphatic rings. The molecule has 2 aromatic rings. The number of ether oxygens (including phenoxy) is 1. The quantitative estimate of drug-likeness (QED) is 0.659. The predicted octanol–water partition coefficient (Wildman–Crippen LogP) is 3.57. The topological polar surface area (TPSA) is 59.0 Å². The van der Waals surface area contributed by atoms with Crippen molar-refractivity contribution < 1.29 is 19.5 Å². The van der Waals surface area contributed by atoms with Crippen molar-refractivity contribution in [3.05, 3.63) is 65.7 Å². The molecule has 0 heterocycles. The van der Waals surface area contributed by atoms with E-state index in [1.807, 2.05) is 49.4 Å². The van der Waals surface area contributed by atoms with E-state index in [4.69, 9.17) is 9.57 Å². The Kier molecular flexibility index (Phi) is 8.12. The van der Waals surface area contributed by atoms with Gasteiger partial charge in [-0.05, 0) is 35.6 Å². The second-order valence-electron chi connectivity index (χ2n) is 6.49. The number of nitrogens with zero attached hydrogens (tertiary/aromatic N) is 1. The van der Waals surface area contributed by atoms with Gasteiger partial charge in [0.2, 0.25) is 0 Å². The van der Waals surface area contributed by atoms with Crippen LogP contribution in [0.15, 0.2) is 54.6 Å². The van der Waals surface area contributed by atoms with Gasteiger partial charge in [-0.1, -0.05) is 49.4 Å². The largest absolute Gasteiger partial charge is 0.508 e. The van der Waals surface area contributed by atoms with Gasteiger partial charge in [-0.3, -0.25) is 4.79 Å². The molecular formula is C21H27NO4. The molecule has 26 heavy (non-hydrogen) atoms. The maximum atomic E-state index is 12.2.